The van der Waals surface area contributed by atoms with E-state index in [1.165, 1.54) is 0 Å². The summed E-state index contributed by atoms with van der Waals surface area (Å²) in [6.45, 7) is 5.91. The predicted octanol–water partition coefficient (Wildman–Crippen LogP) is 5.52. The lowest BCUT2D eigenvalue weighted by Gasteiger charge is -2.30. The maximum absolute atomic E-state index is 13.2. The van der Waals surface area contributed by atoms with E-state index in [0.29, 0.717) is 20.6 Å². The number of nitrogens with one attached hydrogen (secondary N) is 1. The summed E-state index contributed by atoms with van der Waals surface area (Å²) >= 11 is 18.3. The molecule has 156 valence electrons. The van der Waals surface area contributed by atoms with Gasteiger partial charge in [0.25, 0.3) is 0 Å². The number of hydrogen-bond acceptors (Lipinski definition) is 2. The van der Waals surface area contributed by atoms with Crippen LogP contribution in [0.2, 0.25) is 15.1 Å². The van der Waals surface area contributed by atoms with Crippen LogP contribution in [0.1, 0.15) is 38.3 Å². The van der Waals surface area contributed by atoms with Crippen LogP contribution in [-0.2, 0) is 22.6 Å². The van der Waals surface area contributed by atoms with Gasteiger partial charge in [0.15, 0.2) is 0 Å². The van der Waals surface area contributed by atoms with E-state index >= 15 is 0 Å². The summed E-state index contributed by atoms with van der Waals surface area (Å²) in [7, 11) is 0. The summed E-state index contributed by atoms with van der Waals surface area (Å²) in [6, 6.07) is 11.6. The largest absolute Gasteiger partial charge is 0.352 e. The van der Waals surface area contributed by atoms with Gasteiger partial charge < -0.3 is 10.2 Å². The van der Waals surface area contributed by atoms with Gasteiger partial charge in [-0.05, 0) is 55.7 Å². The minimum atomic E-state index is -0.651. The maximum atomic E-state index is 13.2. The number of amides is 2. The Bertz CT molecular complexity index is 873. The third-order valence-corrected chi connectivity index (χ3v) is 5.59. The first kappa shape index (κ1) is 23.5. The first-order chi connectivity index (χ1) is 13.7. The molecule has 0 heterocycles. The molecule has 2 aromatic rings. The summed E-state index contributed by atoms with van der Waals surface area (Å²) in [5.41, 5.74) is 1.50. The van der Waals surface area contributed by atoms with E-state index in [9.17, 15) is 9.59 Å². The smallest absolute Gasteiger partial charge is 0.242 e. The highest BCUT2D eigenvalue weighted by atomic mass is 35.5. The first-order valence-corrected chi connectivity index (χ1v) is 10.6. The van der Waals surface area contributed by atoms with E-state index in [-0.39, 0.29) is 30.8 Å². The molecule has 0 aliphatic carbocycles. The van der Waals surface area contributed by atoms with Crippen LogP contribution in [-0.4, -0.2) is 28.8 Å². The average Bonchev–Trinajstić information content (AvgIpc) is 2.67. The maximum Gasteiger partial charge on any atom is 0.242 e. The molecule has 2 atom stereocenters. The van der Waals surface area contributed by atoms with Gasteiger partial charge in [-0.25, -0.2) is 0 Å². The van der Waals surface area contributed by atoms with E-state index in [1.807, 2.05) is 26.0 Å². The molecule has 0 unspecified atom stereocenters. The molecular weight excluding hydrogens is 431 g/mol. The molecule has 1 N–H and O–H groups in total. The first-order valence-electron chi connectivity index (χ1n) is 9.49. The number of carbonyl (C=O) groups is 2. The lowest BCUT2D eigenvalue weighted by Crippen LogP contribution is -2.49. The summed E-state index contributed by atoms with van der Waals surface area (Å²) in [5, 5.41) is 4.44. The fourth-order valence-corrected chi connectivity index (χ4v) is 3.50. The molecule has 29 heavy (non-hydrogen) atoms. The van der Waals surface area contributed by atoms with E-state index in [1.54, 1.807) is 42.2 Å². The Hall–Kier alpha value is -1.75. The zero-order valence-corrected chi connectivity index (χ0v) is 19.0. The second kappa shape index (κ2) is 10.9. The van der Waals surface area contributed by atoms with Gasteiger partial charge >= 0.3 is 0 Å². The van der Waals surface area contributed by atoms with Crippen LogP contribution in [0.5, 0.6) is 0 Å². The van der Waals surface area contributed by atoms with Crippen molar-refractivity contribution in [2.45, 2.75) is 52.2 Å². The SMILES string of the molecule is CC[C@@H](C)NC(=O)[C@H](C)N(Cc1cccc(Cl)c1)C(=O)Cc1ccc(Cl)cc1Cl. The van der Waals surface area contributed by atoms with Crippen molar-refractivity contribution >= 4 is 46.6 Å². The van der Waals surface area contributed by atoms with Gasteiger partial charge in [-0.3, -0.25) is 9.59 Å². The van der Waals surface area contributed by atoms with Crippen molar-refractivity contribution in [2.75, 3.05) is 0 Å². The molecule has 0 spiro atoms. The van der Waals surface area contributed by atoms with E-state index in [0.717, 1.165) is 12.0 Å². The van der Waals surface area contributed by atoms with Crippen LogP contribution in [0.4, 0.5) is 0 Å². The molecule has 0 saturated carbocycles. The standard InChI is InChI=1S/C22H25Cl3N2O2/c1-4-14(2)26-22(29)15(3)27(13-16-6-5-7-18(23)10-16)21(28)11-17-8-9-19(24)12-20(17)25/h5-10,12,14-15H,4,11,13H2,1-3H3,(H,26,29)/t14-,15+/m1/s1. The summed E-state index contributed by atoms with van der Waals surface area (Å²) in [5.74, 6) is -0.405. The molecule has 0 aliphatic heterocycles. The van der Waals surface area contributed by atoms with Gasteiger partial charge in [-0.15, -0.1) is 0 Å². The van der Waals surface area contributed by atoms with Crippen LogP contribution in [0.15, 0.2) is 42.5 Å². The molecule has 7 heteroatoms. The Kier molecular flexibility index (Phi) is 8.81. The van der Waals surface area contributed by atoms with Crippen LogP contribution in [0.25, 0.3) is 0 Å². The molecule has 0 aliphatic rings. The van der Waals surface area contributed by atoms with Crippen molar-refractivity contribution in [2.24, 2.45) is 0 Å². The van der Waals surface area contributed by atoms with E-state index < -0.39 is 6.04 Å². The minimum absolute atomic E-state index is 0.0266. The molecule has 2 amide bonds. The summed E-state index contributed by atoms with van der Waals surface area (Å²) in [6.07, 6.45) is 0.874. The second-order valence-corrected chi connectivity index (χ2v) is 8.34. The number of benzene rings is 2. The van der Waals surface area contributed by atoms with Gasteiger partial charge in [-0.1, -0.05) is 59.9 Å². The Balaban J connectivity index is 2.26. The van der Waals surface area contributed by atoms with Crippen molar-refractivity contribution in [3.8, 4) is 0 Å². The molecule has 2 rings (SSSR count). The van der Waals surface area contributed by atoms with Gasteiger partial charge in [0.2, 0.25) is 11.8 Å². The second-order valence-electron chi connectivity index (χ2n) is 7.06. The molecule has 0 saturated heterocycles. The lowest BCUT2D eigenvalue weighted by molar-refractivity contribution is -0.140. The van der Waals surface area contributed by atoms with E-state index in [2.05, 4.69) is 5.32 Å². The van der Waals surface area contributed by atoms with Gasteiger partial charge in [0.1, 0.15) is 6.04 Å². The molecule has 0 radical (unpaired) electrons. The summed E-state index contributed by atoms with van der Waals surface area (Å²) < 4.78 is 0. The fraction of sp³-hybridized carbons (Fsp3) is 0.364. The average molecular weight is 456 g/mol. The minimum Gasteiger partial charge on any atom is -0.352 e. The Morgan fingerprint density at radius 1 is 1.03 bits per heavy atom. The normalized spacial score (nSPS) is 12.9. The quantitative estimate of drug-likeness (QED) is 0.569. The zero-order valence-electron chi connectivity index (χ0n) is 16.7. The Morgan fingerprint density at radius 2 is 1.72 bits per heavy atom. The highest BCUT2D eigenvalue weighted by molar-refractivity contribution is 6.35. The molecule has 4 nitrogen and oxygen atoms in total. The Labute approximate surface area is 187 Å². The number of rotatable bonds is 8. The number of nitrogens with zero attached hydrogens (tertiary/aromatic N) is 1. The van der Waals surface area contributed by atoms with Crippen molar-refractivity contribution in [1.82, 2.24) is 10.2 Å². The molecule has 0 bridgehead atoms. The van der Waals surface area contributed by atoms with Gasteiger partial charge in [0.05, 0.1) is 6.42 Å². The van der Waals surface area contributed by atoms with Crippen molar-refractivity contribution in [3.63, 3.8) is 0 Å². The third kappa shape index (κ3) is 6.91. The topological polar surface area (TPSA) is 49.4 Å². The molecule has 0 aromatic heterocycles. The van der Waals surface area contributed by atoms with E-state index in [4.69, 9.17) is 34.8 Å². The molecule has 2 aromatic carbocycles. The Morgan fingerprint density at radius 3 is 2.34 bits per heavy atom. The van der Waals surface area contributed by atoms with Gasteiger partial charge in [0, 0.05) is 27.7 Å². The van der Waals surface area contributed by atoms with Crippen LogP contribution in [0.3, 0.4) is 0 Å². The predicted molar refractivity (Wildman–Crippen MR) is 120 cm³/mol. The lowest BCUT2D eigenvalue weighted by atomic mass is 10.1. The van der Waals surface area contributed by atoms with Crippen molar-refractivity contribution in [1.29, 1.82) is 0 Å². The summed E-state index contributed by atoms with van der Waals surface area (Å²) in [4.78, 5) is 27.4. The van der Waals surface area contributed by atoms with Gasteiger partial charge in [-0.2, -0.15) is 0 Å². The molecule has 0 fully saturated rings. The molecular formula is C22H25Cl3N2O2. The monoisotopic (exact) mass is 454 g/mol. The van der Waals surface area contributed by atoms with Crippen LogP contribution in [0, 0.1) is 0 Å². The van der Waals surface area contributed by atoms with Crippen LogP contribution >= 0.6 is 34.8 Å². The van der Waals surface area contributed by atoms with Crippen molar-refractivity contribution < 1.29 is 9.59 Å². The zero-order chi connectivity index (χ0) is 21.6. The third-order valence-electron chi connectivity index (χ3n) is 4.77. The highest BCUT2D eigenvalue weighted by Crippen LogP contribution is 2.23. The number of halogens is 3. The highest BCUT2D eigenvalue weighted by Gasteiger charge is 2.27. The van der Waals surface area contributed by atoms with Crippen molar-refractivity contribution in [3.05, 3.63) is 68.7 Å². The number of carbonyl (C=O) groups excluding carboxylic acids is 2. The number of hydrogen-bond donors (Lipinski definition) is 1. The van der Waals surface area contributed by atoms with Crippen LogP contribution < -0.4 is 5.32 Å². The fourth-order valence-electron chi connectivity index (χ4n) is 2.81.